The van der Waals surface area contributed by atoms with Crippen LogP contribution in [0.4, 0.5) is 0 Å². The third kappa shape index (κ3) is 4.11. The summed E-state index contributed by atoms with van der Waals surface area (Å²) in [6.45, 7) is 0.381. The lowest BCUT2D eigenvalue weighted by Gasteiger charge is -2.20. The van der Waals surface area contributed by atoms with Crippen molar-refractivity contribution < 1.29 is 14.6 Å². The number of carbonyl (C=O) groups excluding carboxylic acids is 1. The first kappa shape index (κ1) is 15.6. The van der Waals surface area contributed by atoms with Gasteiger partial charge in [0.05, 0.1) is 6.10 Å². The molecule has 0 radical (unpaired) electrons. The van der Waals surface area contributed by atoms with Crippen LogP contribution < -0.4 is 4.74 Å². The Morgan fingerprint density at radius 2 is 1.74 bits per heavy atom. The summed E-state index contributed by atoms with van der Waals surface area (Å²) in [6.07, 6.45) is 1.72. The number of ether oxygens (including phenoxy) is 1. The van der Waals surface area contributed by atoms with E-state index in [1.807, 2.05) is 30.3 Å². The second-order valence-corrected chi connectivity index (χ2v) is 6.03. The van der Waals surface area contributed by atoms with Gasteiger partial charge in [-0.25, -0.2) is 0 Å². The SMILES string of the molecule is CN(CC(O)C1CC1)C(=O)c1ccc(Oc2ccccc2)cc1. The molecule has 1 aliphatic rings. The Bertz CT molecular complexity index is 650. The van der Waals surface area contributed by atoms with E-state index >= 15 is 0 Å². The molecule has 1 fully saturated rings. The first-order chi connectivity index (χ1) is 11.1. The molecule has 0 bridgehead atoms. The fourth-order valence-electron chi connectivity index (χ4n) is 2.50. The van der Waals surface area contributed by atoms with E-state index in [-0.39, 0.29) is 5.91 Å². The third-order valence-electron chi connectivity index (χ3n) is 4.05. The third-order valence-corrected chi connectivity index (χ3v) is 4.05. The molecule has 1 aliphatic carbocycles. The lowest BCUT2D eigenvalue weighted by atomic mass is 10.1. The summed E-state index contributed by atoms with van der Waals surface area (Å²) in [5, 5.41) is 9.95. The highest BCUT2D eigenvalue weighted by atomic mass is 16.5. The van der Waals surface area contributed by atoms with Crippen molar-refractivity contribution in [2.24, 2.45) is 5.92 Å². The number of aliphatic hydroxyl groups is 1. The van der Waals surface area contributed by atoms with E-state index in [1.54, 1.807) is 36.2 Å². The van der Waals surface area contributed by atoms with Crippen molar-refractivity contribution >= 4 is 5.91 Å². The molecule has 1 unspecified atom stereocenters. The lowest BCUT2D eigenvalue weighted by Crippen LogP contribution is -2.35. The Labute approximate surface area is 136 Å². The predicted molar refractivity (Wildman–Crippen MR) is 88.6 cm³/mol. The van der Waals surface area contributed by atoms with Gasteiger partial charge in [-0.1, -0.05) is 18.2 Å². The van der Waals surface area contributed by atoms with E-state index < -0.39 is 6.10 Å². The Morgan fingerprint density at radius 3 is 2.35 bits per heavy atom. The van der Waals surface area contributed by atoms with E-state index in [9.17, 15) is 9.90 Å². The summed E-state index contributed by atoms with van der Waals surface area (Å²) in [4.78, 5) is 13.9. The lowest BCUT2D eigenvalue weighted by molar-refractivity contribution is 0.0645. The number of amides is 1. The second kappa shape index (κ2) is 6.84. The minimum atomic E-state index is -0.412. The fraction of sp³-hybridized carbons (Fsp3) is 0.316. The van der Waals surface area contributed by atoms with Crippen LogP contribution in [0, 0.1) is 5.92 Å². The van der Waals surface area contributed by atoms with Gasteiger partial charge in [0.15, 0.2) is 0 Å². The monoisotopic (exact) mass is 311 g/mol. The predicted octanol–water partition coefficient (Wildman–Crippen LogP) is 3.32. The van der Waals surface area contributed by atoms with Gasteiger partial charge in [0, 0.05) is 19.2 Å². The molecule has 4 heteroatoms. The second-order valence-electron chi connectivity index (χ2n) is 6.03. The maximum Gasteiger partial charge on any atom is 0.253 e. The molecule has 1 amide bonds. The smallest absolute Gasteiger partial charge is 0.253 e. The van der Waals surface area contributed by atoms with Gasteiger partial charge < -0.3 is 14.7 Å². The van der Waals surface area contributed by atoms with Gasteiger partial charge in [0.25, 0.3) is 5.91 Å². The Hall–Kier alpha value is -2.33. The molecule has 0 aliphatic heterocycles. The van der Waals surface area contributed by atoms with Gasteiger partial charge in [0.1, 0.15) is 11.5 Å². The minimum absolute atomic E-state index is 0.0871. The zero-order valence-electron chi connectivity index (χ0n) is 13.2. The molecule has 0 aromatic heterocycles. The maximum atomic E-state index is 12.4. The molecule has 3 rings (SSSR count). The number of rotatable bonds is 6. The van der Waals surface area contributed by atoms with Crippen LogP contribution in [-0.2, 0) is 0 Å². The molecule has 0 saturated heterocycles. The van der Waals surface area contributed by atoms with Crippen LogP contribution >= 0.6 is 0 Å². The molecule has 1 N–H and O–H groups in total. The zero-order chi connectivity index (χ0) is 16.2. The fourth-order valence-corrected chi connectivity index (χ4v) is 2.50. The van der Waals surface area contributed by atoms with Crippen molar-refractivity contribution in [1.82, 2.24) is 4.90 Å². The zero-order valence-corrected chi connectivity index (χ0v) is 13.2. The van der Waals surface area contributed by atoms with Crippen molar-refractivity contribution in [3.8, 4) is 11.5 Å². The van der Waals surface area contributed by atoms with Gasteiger partial charge in [-0.3, -0.25) is 4.79 Å². The van der Waals surface area contributed by atoms with Crippen LogP contribution in [-0.4, -0.2) is 35.6 Å². The number of benzene rings is 2. The van der Waals surface area contributed by atoms with Crippen molar-refractivity contribution in [3.05, 3.63) is 60.2 Å². The summed E-state index contributed by atoms with van der Waals surface area (Å²) >= 11 is 0. The van der Waals surface area contributed by atoms with Crippen molar-refractivity contribution in [2.75, 3.05) is 13.6 Å². The normalized spacial score (nSPS) is 15.0. The quantitative estimate of drug-likeness (QED) is 0.890. The summed E-state index contributed by atoms with van der Waals surface area (Å²) in [6, 6.07) is 16.6. The number of carbonyl (C=O) groups is 1. The number of hydrogen-bond donors (Lipinski definition) is 1. The van der Waals surface area contributed by atoms with Crippen LogP contribution in [0.3, 0.4) is 0 Å². The molecule has 120 valence electrons. The molecule has 2 aromatic carbocycles. The van der Waals surface area contributed by atoms with E-state index in [1.165, 1.54) is 0 Å². The molecule has 0 heterocycles. The van der Waals surface area contributed by atoms with Gasteiger partial charge in [0.2, 0.25) is 0 Å². The first-order valence-electron chi connectivity index (χ1n) is 7.90. The Balaban J connectivity index is 1.60. The summed E-state index contributed by atoms with van der Waals surface area (Å²) in [7, 11) is 1.72. The number of likely N-dealkylation sites (N-methyl/N-ethyl adjacent to an activating group) is 1. The average Bonchev–Trinajstić information content (AvgIpc) is 3.41. The number of hydrogen-bond acceptors (Lipinski definition) is 3. The van der Waals surface area contributed by atoms with E-state index in [0.717, 1.165) is 18.6 Å². The summed E-state index contributed by atoms with van der Waals surface area (Å²) < 4.78 is 5.71. The van der Waals surface area contributed by atoms with E-state index in [4.69, 9.17) is 4.74 Å². The summed E-state index contributed by atoms with van der Waals surface area (Å²) in [5.41, 5.74) is 0.593. The largest absolute Gasteiger partial charge is 0.457 e. The number of nitrogens with zero attached hydrogens (tertiary/aromatic N) is 1. The summed E-state index contributed by atoms with van der Waals surface area (Å²) in [5.74, 6) is 1.73. The number of aliphatic hydroxyl groups excluding tert-OH is 1. The molecular weight excluding hydrogens is 290 g/mol. The Kier molecular flexibility index (Phi) is 4.63. The van der Waals surface area contributed by atoms with Crippen molar-refractivity contribution in [3.63, 3.8) is 0 Å². The molecule has 1 saturated carbocycles. The molecule has 1 atom stereocenters. The van der Waals surface area contributed by atoms with E-state index in [0.29, 0.717) is 23.8 Å². The van der Waals surface area contributed by atoms with Crippen LogP contribution in [0.2, 0.25) is 0 Å². The van der Waals surface area contributed by atoms with Crippen molar-refractivity contribution in [1.29, 1.82) is 0 Å². The van der Waals surface area contributed by atoms with E-state index in [2.05, 4.69) is 0 Å². The topological polar surface area (TPSA) is 49.8 Å². The molecular formula is C19H21NO3. The molecule has 4 nitrogen and oxygen atoms in total. The van der Waals surface area contributed by atoms with Crippen LogP contribution in [0.5, 0.6) is 11.5 Å². The highest BCUT2D eigenvalue weighted by Crippen LogP contribution is 2.32. The Morgan fingerprint density at radius 1 is 1.13 bits per heavy atom. The highest BCUT2D eigenvalue weighted by molar-refractivity contribution is 5.94. The number of para-hydroxylation sites is 1. The molecule has 0 spiro atoms. The van der Waals surface area contributed by atoms with Crippen LogP contribution in [0.15, 0.2) is 54.6 Å². The highest BCUT2D eigenvalue weighted by Gasteiger charge is 2.31. The van der Waals surface area contributed by atoms with Crippen LogP contribution in [0.1, 0.15) is 23.2 Å². The molecule has 23 heavy (non-hydrogen) atoms. The standard InChI is InChI=1S/C19H21NO3/c1-20(13-18(21)14-7-8-14)19(22)15-9-11-17(12-10-15)23-16-5-3-2-4-6-16/h2-6,9-12,14,18,21H,7-8,13H2,1H3. The molecule has 2 aromatic rings. The van der Waals surface area contributed by atoms with Crippen LogP contribution in [0.25, 0.3) is 0 Å². The van der Waals surface area contributed by atoms with Gasteiger partial charge in [-0.15, -0.1) is 0 Å². The van der Waals surface area contributed by atoms with Crippen molar-refractivity contribution in [2.45, 2.75) is 18.9 Å². The van der Waals surface area contributed by atoms with Gasteiger partial charge >= 0.3 is 0 Å². The maximum absolute atomic E-state index is 12.4. The van der Waals surface area contributed by atoms with Gasteiger partial charge in [-0.2, -0.15) is 0 Å². The minimum Gasteiger partial charge on any atom is -0.457 e. The first-order valence-corrected chi connectivity index (χ1v) is 7.90. The van der Waals surface area contributed by atoms with Gasteiger partial charge in [-0.05, 0) is 55.2 Å². The average molecular weight is 311 g/mol.